The van der Waals surface area contributed by atoms with Crippen LogP contribution in [0.5, 0.6) is 5.75 Å². The first kappa shape index (κ1) is 22.8. The normalized spacial score (nSPS) is 20.9. The number of thiocarbonyl (C=S) groups is 1. The van der Waals surface area contributed by atoms with Crippen LogP contribution in [-0.4, -0.2) is 58.0 Å². The average Bonchev–Trinajstić information content (AvgIpc) is 3.49. The third-order valence-corrected chi connectivity index (χ3v) is 8.89. The number of hydrogen-bond donors (Lipinski definition) is 0. The Bertz CT molecular complexity index is 1400. The number of para-hydroxylation sites is 1. The molecule has 2 fully saturated rings. The van der Waals surface area contributed by atoms with Gasteiger partial charge in [-0.15, -0.1) is 0 Å². The Morgan fingerprint density at radius 1 is 1.15 bits per heavy atom. The molecule has 0 bridgehead atoms. The van der Waals surface area contributed by atoms with Crippen LogP contribution in [0.2, 0.25) is 0 Å². The molecule has 34 heavy (non-hydrogen) atoms. The monoisotopic (exact) mass is 511 g/mol. The molecule has 1 amide bonds. The van der Waals surface area contributed by atoms with Gasteiger partial charge in [-0.25, -0.2) is 13.1 Å². The molecule has 2 aromatic carbocycles. The number of aromatic nitrogens is 2. The summed E-state index contributed by atoms with van der Waals surface area (Å²) >= 11 is 6.65. The quantitative estimate of drug-likeness (QED) is 0.379. The summed E-state index contributed by atoms with van der Waals surface area (Å²) in [5.74, 6) is 0.514. The molecule has 10 heteroatoms. The molecule has 5 rings (SSSR count). The number of rotatable bonds is 5. The predicted octanol–water partition coefficient (Wildman–Crippen LogP) is 3.94. The van der Waals surface area contributed by atoms with E-state index in [1.54, 1.807) is 17.9 Å². The molecule has 0 unspecified atom stereocenters. The minimum Gasteiger partial charge on any atom is -0.497 e. The number of carbonyl (C=O) groups excluding carboxylic acids is 1. The van der Waals surface area contributed by atoms with Crippen molar-refractivity contribution in [2.75, 3.05) is 18.6 Å². The predicted molar refractivity (Wildman–Crippen MR) is 138 cm³/mol. The van der Waals surface area contributed by atoms with E-state index < -0.39 is 15.9 Å². The van der Waals surface area contributed by atoms with Crippen LogP contribution >= 0.6 is 24.0 Å². The Labute approximate surface area is 207 Å². The molecule has 0 aliphatic carbocycles. The first-order valence-electron chi connectivity index (χ1n) is 10.6. The van der Waals surface area contributed by atoms with Crippen molar-refractivity contribution in [1.29, 1.82) is 0 Å². The number of thioether (sulfide) groups is 1. The van der Waals surface area contributed by atoms with Crippen molar-refractivity contribution in [2.24, 2.45) is 0 Å². The summed E-state index contributed by atoms with van der Waals surface area (Å²) in [6.45, 7) is 0. The Kier molecular flexibility index (Phi) is 6.05. The molecular formula is C24H21N3O4S3. The number of nitrogens with zero attached hydrogens (tertiary/aromatic N) is 3. The lowest BCUT2D eigenvalue weighted by molar-refractivity contribution is -0.123. The van der Waals surface area contributed by atoms with E-state index >= 15 is 0 Å². The number of carbonyl (C=O) groups is 1. The molecule has 174 valence electrons. The zero-order valence-electron chi connectivity index (χ0n) is 18.2. The van der Waals surface area contributed by atoms with Crippen molar-refractivity contribution >= 4 is 50.1 Å². The molecule has 2 saturated heterocycles. The summed E-state index contributed by atoms with van der Waals surface area (Å²) in [5, 5.41) is 4.79. The highest BCUT2D eigenvalue weighted by molar-refractivity contribution is 8.26. The van der Waals surface area contributed by atoms with E-state index in [0.29, 0.717) is 21.3 Å². The fraction of sp³-hybridized carbons (Fsp3) is 0.208. The first-order chi connectivity index (χ1) is 16.3. The average molecular weight is 512 g/mol. The Hall–Kier alpha value is -2.95. The van der Waals surface area contributed by atoms with Gasteiger partial charge in [-0.2, -0.15) is 5.10 Å². The van der Waals surface area contributed by atoms with Crippen molar-refractivity contribution in [1.82, 2.24) is 14.7 Å². The van der Waals surface area contributed by atoms with E-state index in [1.165, 1.54) is 16.7 Å². The zero-order valence-corrected chi connectivity index (χ0v) is 20.7. The van der Waals surface area contributed by atoms with Gasteiger partial charge in [0.2, 0.25) is 0 Å². The van der Waals surface area contributed by atoms with Gasteiger partial charge in [0.25, 0.3) is 5.91 Å². The molecule has 0 saturated carbocycles. The Morgan fingerprint density at radius 2 is 1.88 bits per heavy atom. The number of amides is 1. The highest BCUT2D eigenvalue weighted by atomic mass is 32.2. The van der Waals surface area contributed by atoms with Crippen molar-refractivity contribution in [3.8, 4) is 22.7 Å². The third-order valence-electron chi connectivity index (χ3n) is 5.81. The van der Waals surface area contributed by atoms with Crippen LogP contribution in [0.3, 0.4) is 0 Å². The molecule has 7 nitrogen and oxygen atoms in total. The summed E-state index contributed by atoms with van der Waals surface area (Å²) in [7, 11) is -1.52. The van der Waals surface area contributed by atoms with Crippen molar-refractivity contribution in [3.63, 3.8) is 0 Å². The van der Waals surface area contributed by atoms with E-state index in [-0.39, 0.29) is 17.4 Å². The molecule has 3 aromatic rings. The number of benzene rings is 2. The molecule has 0 spiro atoms. The molecular weight excluding hydrogens is 490 g/mol. The van der Waals surface area contributed by atoms with Crippen molar-refractivity contribution in [2.45, 2.75) is 12.5 Å². The number of hydrogen-bond acceptors (Lipinski definition) is 7. The second kappa shape index (κ2) is 9.01. The number of sulfone groups is 1. The largest absolute Gasteiger partial charge is 0.497 e. The zero-order chi connectivity index (χ0) is 23.9. The van der Waals surface area contributed by atoms with Crippen LogP contribution in [0.1, 0.15) is 12.0 Å². The fourth-order valence-corrected chi connectivity index (χ4v) is 7.19. The van der Waals surface area contributed by atoms with Gasteiger partial charge in [0, 0.05) is 17.3 Å². The second-order valence-corrected chi connectivity index (χ2v) is 12.0. The summed E-state index contributed by atoms with van der Waals surface area (Å²) in [5.41, 5.74) is 3.23. The Balaban J connectivity index is 1.54. The summed E-state index contributed by atoms with van der Waals surface area (Å²) in [6, 6.07) is 16.9. The van der Waals surface area contributed by atoms with Crippen LogP contribution in [0.15, 0.2) is 65.7 Å². The lowest BCUT2D eigenvalue weighted by atomic mass is 10.1. The van der Waals surface area contributed by atoms with Crippen molar-refractivity contribution < 1.29 is 17.9 Å². The van der Waals surface area contributed by atoms with E-state index in [0.717, 1.165) is 22.6 Å². The van der Waals surface area contributed by atoms with Crippen LogP contribution in [-0.2, 0) is 14.6 Å². The summed E-state index contributed by atoms with van der Waals surface area (Å²) in [6.07, 6.45) is 4.07. The van der Waals surface area contributed by atoms with Gasteiger partial charge in [-0.05, 0) is 48.9 Å². The lowest BCUT2D eigenvalue weighted by Gasteiger charge is -2.20. The van der Waals surface area contributed by atoms with Gasteiger partial charge < -0.3 is 4.74 Å². The smallest absolute Gasteiger partial charge is 0.266 e. The maximum atomic E-state index is 13.2. The Morgan fingerprint density at radius 3 is 2.53 bits per heavy atom. The molecule has 0 radical (unpaired) electrons. The number of methoxy groups -OCH3 is 1. The van der Waals surface area contributed by atoms with E-state index in [1.807, 2.05) is 60.8 Å². The van der Waals surface area contributed by atoms with Gasteiger partial charge in [0.05, 0.1) is 40.9 Å². The van der Waals surface area contributed by atoms with Crippen LogP contribution in [0.4, 0.5) is 0 Å². The first-order valence-corrected chi connectivity index (χ1v) is 13.7. The highest BCUT2D eigenvalue weighted by Crippen LogP contribution is 2.37. The van der Waals surface area contributed by atoms with Gasteiger partial charge in [0.15, 0.2) is 9.84 Å². The topological polar surface area (TPSA) is 81.5 Å². The minimum atomic E-state index is -3.14. The second-order valence-electron chi connectivity index (χ2n) is 8.05. The van der Waals surface area contributed by atoms with Gasteiger partial charge >= 0.3 is 0 Å². The van der Waals surface area contributed by atoms with Gasteiger partial charge in [0.1, 0.15) is 10.1 Å². The molecule has 0 N–H and O–H groups in total. The van der Waals surface area contributed by atoms with Crippen LogP contribution in [0.25, 0.3) is 23.0 Å². The van der Waals surface area contributed by atoms with Crippen molar-refractivity contribution in [3.05, 3.63) is 71.3 Å². The lowest BCUT2D eigenvalue weighted by Crippen LogP contribution is -2.39. The van der Waals surface area contributed by atoms with E-state index in [4.69, 9.17) is 22.1 Å². The third kappa shape index (κ3) is 4.40. The van der Waals surface area contributed by atoms with Gasteiger partial charge in [-0.1, -0.05) is 42.2 Å². The molecule has 3 heterocycles. The highest BCUT2D eigenvalue weighted by Gasteiger charge is 2.42. The maximum Gasteiger partial charge on any atom is 0.266 e. The number of ether oxygens (including phenoxy) is 1. The van der Waals surface area contributed by atoms with Gasteiger partial charge in [-0.3, -0.25) is 9.69 Å². The standard InChI is InChI=1S/C24H21N3O4S3/c1-31-20-9-7-16(8-10-20)22-17(14-26(25-22)18-5-3-2-4-6-18)13-21-23(28)27(24(32)33-21)19-11-12-34(29,30)15-19/h2-10,13-14,19H,11-12,15H2,1H3/b21-13+/t19-/m0/s1. The SMILES string of the molecule is COc1ccc(-c2nn(-c3ccccc3)cc2/C=C2/SC(=S)N([C@H]3CCS(=O)(=O)C3)C2=O)cc1. The molecule has 1 atom stereocenters. The molecule has 1 aromatic heterocycles. The summed E-state index contributed by atoms with van der Waals surface area (Å²) < 4.78 is 31.3. The maximum absolute atomic E-state index is 13.2. The van der Waals surface area contributed by atoms with E-state index in [2.05, 4.69) is 0 Å². The summed E-state index contributed by atoms with van der Waals surface area (Å²) in [4.78, 5) is 15.2. The van der Waals surface area contributed by atoms with E-state index in [9.17, 15) is 13.2 Å². The molecule has 2 aliphatic heterocycles. The molecule has 2 aliphatic rings. The van der Waals surface area contributed by atoms with Crippen LogP contribution in [0, 0.1) is 0 Å². The van der Waals surface area contributed by atoms with Crippen LogP contribution < -0.4 is 4.74 Å². The minimum absolute atomic E-state index is 0.0459. The fourth-order valence-electron chi connectivity index (χ4n) is 4.09.